The van der Waals surface area contributed by atoms with Crippen LogP contribution in [0, 0.1) is 91.8 Å². The van der Waals surface area contributed by atoms with E-state index in [0.717, 1.165) is 0 Å². The number of hydrogen-bond donors (Lipinski definition) is 0. The van der Waals surface area contributed by atoms with Crippen molar-refractivity contribution in [2.45, 2.75) is 34.2 Å². The normalized spacial score (nSPS) is 7.00. The van der Waals surface area contributed by atoms with Gasteiger partial charge in [0, 0.05) is 12.1 Å². The van der Waals surface area contributed by atoms with Gasteiger partial charge in [-0.25, -0.2) is 4.79 Å². The van der Waals surface area contributed by atoms with E-state index in [2.05, 4.69) is 81.6 Å². The van der Waals surface area contributed by atoms with Gasteiger partial charge in [0.15, 0.2) is 0 Å². The Kier molecular flexibility index (Phi) is 22.7. The highest BCUT2D eigenvalue weighted by atomic mass is 79.9. The van der Waals surface area contributed by atoms with E-state index in [4.69, 9.17) is 19.3 Å². The number of halogens is 1. The Morgan fingerprint density at radius 2 is 1.37 bits per heavy atom. The van der Waals surface area contributed by atoms with Crippen LogP contribution in [0.4, 0.5) is 0 Å². The van der Waals surface area contributed by atoms with Gasteiger partial charge >= 0.3 is 5.69 Å². The molecule has 1 aromatic rings. The lowest BCUT2D eigenvalue weighted by atomic mass is 10.4. The van der Waals surface area contributed by atoms with E-state index in [-0.39, 0.29) is 11.2 Å². The minimum atomic E-state index is -0.240. The first-order valence-electron chi connectivity index (χ1n) is 8.14. The van der Waals surface area contributed by atoms with Gasteiger partial charge in [-0.1, -0.05) is 5.92 Å². The Morgan fingerprint density at radius 1 is 0.933 bits per heavy atom. The van der Waals surface area contributed by atoms with Gasteiger partial charge in [-0.15, -0.1) is 31.6 Å². The number of rotatable bonds is 2. The monoisotopic (exact) mass is 480 g/mol. The number of terminal acetylenes is 4. The fourth-order valence-corrected chi connectivity index (χ4v) is 2.95. The van der Waals surface area contributed by atoms with Crippen LogP contribution in [0.5, 0.6) is 0 Å². The van der Waals surface area contributed by atoms with E-state index in [0.29, 0.717) is 25.4 Å². The molecule has 0 fully saturated rings. The highest BCUT2D eigenvalue weighted by molar-refractivity contribution is 9.10. The zero-order valence-electron chi connectivity index (χ0n) is 17.6. The third-order valence-electron chi connectivity index (χ3n) is 2.56. The fourth-order valence-electron chi connectivity index (χ4n) is 1.42. The van der Waals surface area contributed by atoms with Crippen molar-refractivity contribution < 1.29 is 0 Å². The molecule has 0 aliphatic rings. The molecule has 0 aliphatic heterocycles. The number of nitrogens with zero attached hydrogens (tertiary/aromatic N) is 2. The third-order valence-corrected chi connectivity index (χ3v) is 4.70. The van der Waals surface area contributed by atoms with E-state index in [1.54, 1.807) is 32.0 Å². The highest BCUT2D eigenvalue weighted by Gasteiger charge is 2.11. The smallest absolute Gasteiger partial charge is 0.269 e. The van der Waals surface area contributed by atoms with Crippen molar-refractivity contribution in [3.8, 4) is 84.9 Å². The molecule has 152 valence electrons. The van der Waals surface area contributed by atoms with Crippen molar-refractivity contribution in [3.05, 3.63) is 31.0 Å². The molecule has 0 bridgehead atoms. The van der Waals surface area contributed by atoms with E-state index >= 15 is 0 Å². The largest absolute Gasteiger partial charge is 0.334 e. The predicted molar refractivity (Wildman–Crippen MR) is 133 cm³/mol. The van der Waals surface area contributed by atoms with Crippen LogP contribution in [0.3, 0.4) is 0 Å². The maximum Gasteiger partial charge on any atom is 0.334 e. The third kappa shape index (κ3) is 13.6. The molecule has 1 heterocycles. The summed E-state index contributed by atoms with van der Waals surface area (Å²) in [5.74, 6) is 22.9. The Hall–Kier alpha value is -3.49. The summed E-state index contributed by atoms with van der Waals surface area (Å²) in [6.45, 7) is 9.19. The maximum atomic E-state index is 11.7. The summed E-state index contributed by atoms with van der Waals surface area (Å²) in [7, 11) is 0.317. The Bertz CT molecular complexity index is 1140. The molecule has 1 unspecified atom stereocenters. The zero-order chi connectivity index (χ0) is 23.9. The number of hydrogen-bond acceptors (Lipinski definition) is 2. The average molecular weight is 481 g/mol. The van der Waals surface area contributed by atoms with Crippen molar-refractivity contribution in [2.24, 2.45) is 0 Å². The van der Waals surface area contributed by atoms with Gasteiger partial charge < -0.3 is 0 Å². The second kappa shape index (κ2) is 21.8. The molecule has 1 rings (SSSR count). The molecule has 0 N–H and O–H groups in total. The van der Waals surface area contributed by atoms with Gasteiger partial charge in [-0.3, -0.25) is 13.7 Å². The molecule has 6 heteroatoms. The van der Waals surface area contributed by atoms with Crippen molar-refractivity contribution in [2.75, 3.05) is 6.66 Å². The maximum absolute atomic E-state index is 11.7. The molecule has 0 saturated heterocycles. The Labute approximate surface area is 190 Å². The van der Waals surface area contributed by atoms with E-state index in [1.165, 1.54) is 4.57 Å². The first-order valence-corrected chi connectivity index (χ1v) is 10.4. The van der Waals surface area contributed by atoms with Crippen LogP contribution in [0.2, 0.25) is 0 Å². The molecule has 0 radical (unpaired) electrons. The molecule has 0 aromatic carbocycles. The second-order valence-corrected chi connectivity index (χ2v) is 6.05. The Morgan fingerprint density at radius 3 is 1.70 bits per heavy atom. The minimum Gasteiger partial charge on any atom is -0.269 e. The second-order valence-electron chi connectivity index (χ2n) is 4.40. The summed E-state index contributed by atoms with van der Waals surface area (Å²) >= 11 is 3.26. The summed E-state index contributed by atoms with van der Waals surface area (Å²) in [5.41, 5.74) is 0.135. The van der Waals surface area contributed by atoms with E-state index < -0.39 is 0 Å². The van der Waals surface area contributed by atoms with Gasteiger partial charge in [-0.2, -0.15) is 0 Å². The van der Waals surface area contributed by atoms with Crippen LogP contribution < -0.4 is 11.2 Å². The summed E-state index contributed by atoms with van der Waals surface area (Å²) < 4.78 is 3.41. The highest BCUT2D eigenvalue weighted by Crippen LogP contribution is 2.17. The molecule has 0 amide bonds. The number of aromatic nitrogens is 2. The van der Waals surface area contributed by atoms with Crippen molar-refractivity contribution in [1.82, 2.24) is 8.90 Å². The quantitative estimate of drug-likeness (QED) is 0.371. The molecule has 4 nitrogen and oxygen atoms in total. The molecule has 1 aromatic heterocycles. The first-order chi connectivity index (χ1) is 14.3. The summed E-state index contributed by atoms with van der Waals surface area (Å²) in [4.78, 5) is 23.4. The van der Waals surface area contributed by atoms with Crippen molar-refractivity contribution >= 4 is 24.7 Å². The topological polar surface area (TPSA) is 44.0 Å². The van der Waals surface area contributed by atoms with Crippen LogP contribution in [0.1, 0.15) is 26.3 Å². The van der Waals surface area contributed by atoms with Crippen molar-refractivity contribution in [1.29, 1.82) is 0 Å². The first kappa shape index (κ1) is 31.2. The Balaban J connectivity index is -0.000000383. The van der Waals surface area contributed by atoms with Crippen LogP contribution in [0.25, 0.3) is 0 Å². The van der Waals surface area contributed by atoms with Crippen LogP contribution in [0.15, 0.2) is 14.2 Å². The predicted octanol–water partition coefficient (Wildman–Crippen LogP) is 2.71. The minimum absolute atomic E-state index is 0.209. The molecule has 0 aliphatic carbocycles. The van der Waals surface area contributed by atoms with Gasteiger partial charge in [0.1, 0.15) is 4.60 Å². The molecule has 1 atom stereocenters. The standard InChI is InChI=1S/C8H12BrN2O2P.C7H4.C6H2.C3H4/c1-4-10-7(12)5(2)6(9)11(14-3)8(10)13;1-3-5-7-6-4-2;1-3-5-6-4-2;1-3-2/h14H,4H2,1-3H3;1H,2H3;1-2H;1H,2H3. The summed E-state index contributed by atoms with van der Waals surface area (Å²) in [6, 6.07) is 0. The fraction of sp³-hybridized carbons (Fsp3) is 0.250. The van der Waals surface area contributed by atoms with E-state index in [9.17, 15) is 9.59 Å². The SMILES string of the molecule is C#CC.C#CC#CC#C.C#CC#CC#CC.CCn1c(=O)c(C)c(Br)n(PC)c1=O. The lowest BCUT2D eigenvalue weighted by molar-refractivity contribution is 0.651. The van der Waals surface area contributed by atoms with Crippen LogP contribution in [-0.4, -0.2) is 15.6 Å². The molecule has 30 heavy (non-hydrogen) atoms. The van der Waals surface area contributed by atoms with Crippen LogP contribution in [-0.2, 0) is 6.54 Å². The lowest BCUT2D eigenvalue weighted by Gasteiger charge is -2.11. The lowest BCUT2D eigenvalue weighted by Crippen LogP contribution is -2.39. The van der Waals surface area contributed by atoms with Gasteiger partial charge in [-0.05, 0) is 106 Å². The van der Waals surface area contributed by atoms with E-state index in [1.807, 2.05) is 6.66 Å². The molecular formula is C24H22BrN2O2P. The van der Waals surface area contributed by atoms with Crippen molar-refractivity contribution in [3.63, 3.8) is 0 Å². The van der Waals surface area contributed by atoms with Gasteiger partial charge in [0.25, 0.3) is 5.56 Å². The molecular weight excluding hydrogens is 459 g/mol. The van der Waals surface area contributed by atoms with Crippen LogP contribution >= 0.6 is 24.7 Å². The molecule has 0 spiro atoms. The zero-order valence-corrected chi connectivity index (χ0v) is 20.2. The molecule has 0 saturated carbocycles. The van der Waals surface area contributed by atoms with Gasteiger partial charge in [0.05, 0.1) is 0 Å². The summed E-state index contributed by atoms with van der Waals surface area (Å²) in [5, 5.41) is 0. The average Bonchev–Trinajstić information content (AvgIpc) is 2.73. The summed E-state index contributed by atoms with van der Waals surface area (Å²) in [6.07, 6.45) is 18.8. The van der Waals surface area contributed by atoms with Gasteiger partial charge in [0.2, 0.25) is 0 Å².